The van der Waals surface area contributed by atoms with Gasteiger partial charge in [-0.25, -0.2) is 8.42 Å². The van der Waals surface area contributed by atoms with Crippen molar-refractivity contribution >= 4 is 25.8 Å². The molecule has 1 aromatic heterocycles. The van der Waals surface area contributed by atoms with Crippen molar-refractivity contribution in [1.82, 2.24) is 4.98 Å². The van der Waals surface area contributed by atoms with Gasteiger partial charge in [0, 0.05) is 23.1 Å². The van der Waals surface area contributed by atoms with Crippen LogP contribution in [-0.4, -0.2) is 29.2 Å². The number of hydrogen-bond acceptors (Lipinski definition) is 3. The summed E-state index contributed by atoms with van der Waals surface area (Å²) in [5.41, 5.74) is 0.940. The first-order valence-corrected chi connectivity index (χ1v) is 8.48. The number of nitrogens with zero attached hydrogens (tertiary/aromatic N) is 1. The fraction of sp³-hybridized carbons (Fsp3) is 0.583. The van der Waals surface area contributed by atoms with Crippen LogP contribution in [0, 0.1) is 0 Å². The first kappa shape index (κ1) is 13.0. The Morgan fingerprint density at radius 3 is 2.88 bits per heavy atom. The van der Waals surface area contributed by atoms with E-state index in [-0.39, 0.29) is 10.1 Å². The van der Waals surface area contributed by atoms with Crippen LogP contribution >= 0.6 is 15.9 Å². The molecule has 0 spiro atoms. The molecule has 17 heavy (non-hydrogen) atoms. The highest BCUT2D eigenvalue weighted by Gasteiger charge is 2.34. The molecular weight excluding hydrogens is 302 g/mol. The van der Waals surface area contributed by atoms with Crippen molar-refractivity contribution in [3.63, 3.8) is 0 Å². The molecule has 2 unspecified atom stereocenters. The van der Waals surface area contributed by atoms with Crippen molar-refractivity contribution in [3.8, 4) is 0 Å². The Balaban J connectivity index is 2.07. The molecule has 0 aromatic carbocycles. The van der Waals surface area contributed by atoms with Crippen LogP contribution in [0.25, 0.3) is 0 Å². The Hall–Kier alpha value is -0.420. The summed E-state index contributed by atoms with van der Waals surface area (Å²) < 4.78 is 23.9. The molecule has 0 saturated carbocycles. The van der Waals surface area contributed by atoms with Gasteiger partial charge in [0.25, 0.3) is 0 Å². The molecule has 3 nitrogen and oxygen atoms in total. The smallest absolute Gasteiger partial charge is 0.154 e. The van der Waals surface area contributed by atoms with Crippen molar-refractivity contribution in [3.05, 3.63) is 30.1 Å². The second kappa shape index (κ2) is 5.48. The lowest BCUT2D eigenvalue weighted by Crippen LogP contribution is -2.36. The maximum Gasteiger partial charge on any atom is 0.154 e. The second-order valence-electron chi connectivity index (χ2n) is 4.44. The van der Waals surface area contributed by atoms with Gasteiger partial charge in [-0.2, -0.15) is 0 Å². The van der Waals surface area contributed by atoms with Crippen molar-refractivity contribution in [1.29, 1.82) is 0 Å². The van der Waals surface area contributed by atoms with Gasteiger partial charge in [-0.05, 0) is 25.0 Å². The number of aromatic nitrogens is 1. The molecule has 5 heteroatoms. The molecule has 0 aliphatic carbocycles. The molecular formula is C12H16BrNO2S. The third-order valence-electron chi connectivity index (χ3n) is 3.16. The van der Waals surface area contributed by atoms with Crippen molar-refractivity contribution in [2.24, 2.45) is 0 Å². The lowest BCUT2D eigenvalue weighted by Gasteiger charge is -2.26. The molecule has 2 heterocycles. The predicted molar refractivity (Wildman–Crippen MR) is 72.1 cm³/mol. The summed E-state index contributed by atoms with van der Waals surface area (Å²) in [6.07, 6.45) is 5.00. The highest BCUT2D eigenvalue weighted by molar-refractivity contribution is 9.09. The predicted octanol–water partition coefficient (Wildman–Crippen LogP) is 2.35. The second-order valence-corrected chi connectivity index (χ2v) is 7.96. The Labute approximate surface area is 111 Å². The number of alkyl halides is 1. The number of rotatable bonds is 3. The molecule has 0 amide bonds. The van der Waals surface area contributed by atoms with E-state index in [0.29, 0.717) is 12.2 Å². The highest BCUT2D eigenvalue weighted by atomic mass is 79.9. The largest absolute Gasteiger partial charge is 0.261 e. The Morgan fingerprint density at radius 2 is 2.24 bits per heavy atom. The lowest BCUT2D eigenvalue weighted by molar-refractivity contribution is 0.532. The molecule has 2 rings (SSSR count). The monoisotopic (exact) mass is 317 g/mol. The molecule has 1 fully saturated rings. The van der Waals surface area contributed by atoms with Gasteiger partial charge in [0.1, 0.15) is 0 Å². The van der Waals surface area contributed by atoms with E-state index in [1.54, 1.807) is 6.20 Å². The minimum Gasteiger partial charge on any atom is -0.261 e. The summed E-state index contributed by atoms with van der Waals surface area (Å²) in [5, 5.41) is -0.252. The summed E-state index contributed by atoms with van der Waals surface area (Å²) >= 11 is 3.53. The normalized spacial score (nSPS) is 25.4. The van der Waals surface area contributed by atoms with Crippen LogP contribution in [-0.2, 0) is 16.3 Å². The lowest BCUT2D eigenvalue weighted by atomic mass is 10.1. The number of halogens is 1. The minimum absolute atomic E-state index is 0.0253. The van der Waals surface area contributed by atoms with Gasteiger partial charge in [0.15, 0.2) is 9.84 Å². The van der Waals surface area contributed by atoms with Gasteiger partial charge in [0.05, 0.1) is 11.0 Å². The first-order valence-electron chi connectivity index (χ1n) is 5.85. The topological polar surface area (TPSA) is 47.0 Å². The van der Waals surface area contributed by atoms with E-state index in [1.807, 2.05) is 18.2 Å². The maximum absolute atomic E-state index is 12.0. The van der Waals surface area contributed by atoms with Crippen molar-refractivity contribution < 1.29 is 8.42 Å². The molecule has 1 saturated heterocycles. The van der Waals surface area contributed by atoms with Gasteiger partial charge in [-0.3, -0.25) is 4.98 Å². The third-order valence-corrected chi connectivity index (χ3v) is 6.82. The zero-order chi connectivity index (χ0) is 12.3. The number of pyridine rings is 1. The number of hydrogen-bond donors (Lipinski definition) is 0. The molecule has 2 atom stereocenters. The van der Waals surface area contributed by atoms with Crippen LogP contribution in [0.15, 0.2) is 24.4 Å². The van der Waals surface area contributed by atoms with E-state index in [0.717, 1.165) is 25.0 Å². The Bertz CT molecular complexity index is 461. The Kier molecular flexibility index (Phi) is 4.20. The van der Waals surface area contributed by atoms with E-state index in [1.165, 1.54) is 0 Å². The molecule has 94 valence electrons. The van der Waals surface area contributed by atoms with Gasteiger partial charge < -0.3 is 0 Å². The van der Waals surface area contributed by atoms with Gasteiger partial charge >= 0.3 is 0 Å². The van der Waals surface area contributed by atoms with E-state index in [9.17, 15) is 8.42 Å². The van der Waals surface area contributed by atoms with Crippen LogP contribution in [0.3, 0.4) is 0 Å². The summed E-state index contributed by atoms with van der Waals surface area (Å²) in [6, 6.07) is 5.73. The van der Waals surface area contributed by atoms with Crippen LogP contribution in [0.1, 0.15) is 25.0 Å². The van der Waals surface area contributed by atoms with E-state index in [2.05, 4.69) is 20.9 Å². The highest BCUT2D eigenvalue weighted by Crippen LogP contribution is 2.27. The van der Waals surface area contributed by atoms with Gasteiger partial charge in [0.2, 0.25) is 0 Å². The van der Waals surface area contributed by atoms with Crippen LogP contribution in [0.2, 0.25) is 0 Å². The average Bonchev–Trinajstić information content (AvgIpc) is 2.29. The van der Waals surface area contributed by atoms with Crippen molar-refractivity contribution in [2.45, 2.75) is 35.8 Å². The zero-order valence-corrected chi connectivity index (χ0v) is 12.0. The van der Waals surface area contributed by atoms with Crippen molar-refractivity contribution in [2.75, 3.05) is 5.75 Å². The van der Waals surface area contributed by atoms with Gasteiger partial charge in [-0.1, -0.05) is 28.4 Å². The fourth-order valence-corrected chi connectivity index (χ4v) is 5.80. The van der Waals surface area contributed by atoms with E-state index < -0.39 is 9.84 Å². The maximum atomic E-state index is 12.0. The van der Waals surface area contributed by atoms with Crippen LogP contribution in [0.4, 0.5) is 0 Å². The average molecular weight is 318 g/mol. The SMILES string of the molecule is O=S1(=O)CCCCC1C(Br)Cc1ccccn1. The first-order chi connectivity index (χ1) is 8.09. The minimum atomic E-state index is -2.92. The molecule has 1 aliphatic rings. The molecule has 0 N–H and O–H groups in total. The summed E-state index contributed by atoms with van der Waals surface area (Å²) in [7, 11) is -2.92. The molecule has 0 radical (unpaired) electrons. The summed E-state index contributed by atoms with van der Waals surface area (Å²) in [6.45, 7) is 0. The van der Waals surface area contributed by atoms with E-state index in [4.69, 9.17) is 0 Å². The molecule has 0 bridgehead atoms. The summed E-state index contributed by atoms with van der Waals surface area (Å²) in [4.78, 5) is 4.21. The van der Waals surface area contributed by atoms with Crippen LogP contribution in [0.5, 0.6) is 0 Å². The van der Waals surface area contributed by atoms with E-state index >= 15 is 0 Å². The number of sulfone groups is 1. The zero-order valence-electron chi connectivity index (χ0n) is 9.55. The Morgan fingerprint density at radius 1 is 1.41 bits per heavy atom. The summed E-state index contributed by atoms with van der Waals surface area (Å²) in [5.74, 6) is 0.335. The molecule has 1 aliphatic heterocycles. The standard InChI is InChI=1S/C12H16BrNO2S/c13-11(9-10-5-1-3-7-14-10)12-6-2-4-8-17(12,15)16/h1,3,5,7,11-12H,2,4,6,8-9H2. The van der Waals surface area contributed by atoms with Crippen LogP contribution < -0.4 is 0 Å². The third kappa shape index (κ3) is 3.28. The fourth-order valence-electron chi connectivity index (χ4n) is 2.24. The van der Waals surface area contributed by atoms with Gasteiger partial charge in [-0.15, -0.1) is 0 Å². The quantitative estimate of drug-likeness (QED) is 0.804. The molecule has 1 aromatic rings.